The number of hydrogen-bond acceptors (Lipinski definition) is 3. The highest BCUT2D eigenvalue weighted by atomic mass is 16.5. The van der Waals surface area contributed by atoms with Crippen LogP contribution in [0.2, 0.25) is 0 Å². The van der Waals surface area contributed by atoms with Crippen LogP contribution in [-0.4, -0.2) is 30.0 Å². The summed E-state index contributed by atoms with van der Waals surface area (Å²) in [7, 11) is 0. The van der Waals surface area contributed by atoms with Crippen LogP contribution < -0.4 is 5.73 Å². The van der Waals surface area contributed by atoms with Gasteiger partial charge >= 0.3 is 0 Å². The molecule has 0 aliphatic carbocycles. The molecule has 0 amide bonds. The highest BCUT2D eigenvalue weighted by Gasteiger charge is 2.32. The molecule has 15 heavy (non-hydrogen) atoms. The highest BCUT2D eigenvalue weighted by Crippen LogP contribution is 2.19. The fraction of sp³-hybridized carbons (Fsp3) is 1.00. The van der Waals surface area contributed by atoms with Crippen LogP contribution in [0.5, 0.6) is 0 Å². The lowest BCUT2D eigenvalue weighted by Crippen LogP contribution is -2.36. The zero-order valence-corrected chi connectivity index (χ0v) is 9.82. The summed E-state index contributed by atoms with van der Waals surface area (Å²) in [6.45, 7) is 2.74. The maximum atomic E-state index is 9.65. The van der Waals surface area contributed by atoms with Crippen LogP contribution in [0, 0.1) is 0 Å². The fourth-order valence-electron chi connectivity index (χ4n) is 2.09. The second-order valence-electron chi connectivity index (χ2n) is 4.58. The summed E-state index contributed by atoms with van der Waals surface area (Å²) < 4.78 is 5.43. The first-order valence-corrected chi connectivity index (χ1v) is 6.31. The van der Waals surface area contributed by atoms with Gasteiger partial charge in [0, 0.05) is 0 Å². The van der Waals surface area contributed by atoms with E-state index in [0.717, 1.165) is 12.8 Å². The van der Waals surface area contributed by atoms with Gasteiger partial charge in [0.1, 0.15) is 0 Å². The van der Waals surface area contributed by atoms with Gasteiger partial charge in [-0.25, -0.2) is 0 Å². The standard InChI is InChI=1S/C12H25NO2/c1-2-3-4-5-6-7-8-11-12(14)10(13)9-15-11/h10-12,14H,2-9,13H2,1H3/t10-,11+,12-/m0/s1. The first-order valence-electron chi connectivity index (χ1n) is 6.31. The van der Waals surface area contributed by atoms with Gasteiger partial charge in [0.25, 0.3) is 0 Å². The van der Waals surface area contributed by atoms with Crippen molar-refractivity contribution in [3.05, 3.63) is 0 Å². The van der Waals surface area contributed by atoms with Gasteiger partial charge in [-0.2, -0.15) is 0 Å². The predicted octanol–water partition coefficient (Wildman–Crippen LogP) is 1.82. The number of hydrogen-bond donors (Lipinski definition) is 2. The van der Waals surface area contributed by atoms with Crippen molar-refractivity contribution in [2.24, 2.45) is 5.73 Å². The van der Waals surface area contributed by atoms with E-state index in [1.54, 1.807) is 0 Å². The summed E-state index contributed by atoms with van der Waals surface area (Å²) in [4.78, 5) is 0. The average molecular weight is 215 g/mol. The number of rotatable bonds is 7. The summed E-state index contributed by atoms with van der Waals surface area (Å²) in [5.41, 5.74) is 5.66. The number of unbranched alkanes of at least 4 members (excludes halogenated alkanes) is 5. The van der Waals surface area contributed by atoms with Gasteiger partial charge < -0.3 is 15.6 Å². The van der Waals surface area contributed by atoms with Crippen LogP contribution in [0.15, 0.2) is 0 Å². The molecule has 3 atom stereocenters. The molecule has 1 rings (SSSR count). The first kappa shape index (κ1) is 12.9. The van der Waals surface area contributed by atoms with E-state index >= 15 is 0 Å². The van der Waals surface area contributed by atoms with Crippen molar-refractivity contribution in [1.29, 1.82) is 0 Å². The molecule has 0 aromatic carbocycles. The highest BCUT2D eigenvalue weighted by molar-refractivity contribution is 4.85. The van der Waals surface area contributed by atoms with Crippen molar-refractivity contribution in [2.45, 2.75) is 70.1 Å². The van der Waals surface area contributed by atoms with Crippen molar-refractivity contribution in [1.82, 2.24) is 0 Å². The van der Waals surface area contributed by atoms with E-state index in [4.69, 9.17) is 10.5 Å². The molecule has 1 fully saturated rings. The quantitative estimate of drug-likeness (QED) is 0.637. The van der Waals surface area contributed by atoms with Gasteiger partial charge in [0.05, 0.1) is 24.9 Å². The molecule has 1 aliphatic heterocycles. The number of aliphatic hydroxyl groups is 1. The second-order valence-corrected chi connectivity index (χ2v) is 4.58. The van der Waals surface area contributed by atoms with E-state index < -0.39 is 6.10 Å². The Morgan fingerprint density at radius 1 is 1.20 bits per heavy atom. The molecule has 3 heteroatoms. The van der Waals surface area contributed by atoms with E-state index in [9.17, 15) is 5.11 Å². The Balaban J connectivity index is 1.96. The Bertz CT molecular complexity index is 164. The van der Waals surface area contributed by atoms with Gasteiger partial charge in [0.15, 0.2) is 0 Å². The summed E-state index contributed by atoms with van der Waals surface area (Å²) in [5.74, 6) is 0. The summed E-state index contributed by atoms with van der Waals surface area (Å²) in [5, 5.41) is 9.65. The Morgan fingerprint density at radius 3 is 2.47 bits per heavy atom. The lowest BCUT2D eigenvalue weighted by atomic mass is 10.0. The second kappa shape index (κ2) is 7.20. The Hall–Kier alpha value is -0.120. The van der Waals surface area contributed by atoms with Crippen LogP contribution >= 0.6 is 0 Å². The number of nitrogens with two attached hydrogens (primary N) is 1. The molecule has 0 saturated carbocycles. The van der Waals surface area contributed by atoms with Gasteiger partial charge in [-0.3, -0.25) is 0 Å². The lowest BCUT2D eigenvalue weighted by molar-refractivity contribution is 0.0342. The molecular weight excluding hydrogens is 190 g/mol. The first-order chi connectivity index (χ1) is 7.25. The molecule has 1 aliphatic rings. The Kier molecular flexibility index (Phi) is 6.22. The number of ether oxygens (including phenoxy) is 1. The minimum Gasteiger partial charge on any atom is -0.389 e. The maximum absolute atomic E-state index is 9.65. The molecular formula is C12H25NO2. The monoisotopic (exact) mass is 215 g/mol. The minimum atomic E-state index is -0.444. The average Bonchev–Trinajstić information content (AvgIpc) is 2.54. The largest absolute Gasteiger partial charge is 0.389 e. The van der Waals surface area contributed by atoms with Crippen LogP contribution in [0.4, 0.5) is 0 Å². The van der Waals surface area contributed by atoms with E-state index in [1.807, 2.05) is 0 Å². The van der Waals surface area contributed by atoms with Crippen LogP contribution in [-0.2, 0) is 4.74 Å². The summed E-state index contributed by atoms with van der Waals surface area (Å²) >= 11 is 0. The van der Waals surface area contributed by atoms with Crippen molar-refractivity contribution in [2.75, 3.05) is 6.61 Å². The molecule has 0 radical (unpaired) electrons. The summed E-state index contributed by atoms with van der Waals surface area (Å²) in [6, 6.07) is -0.171. The lowest BCUT2D eigenvalue weighted by Gasteiger charge is -2.14. The van der Waals surface area contributed by atoms with E-state index in [-0.39, 0.29) is 12.1 Å². The van der Waals surface area contributed by atoms with E-state index in [1.165, 1.54) is 32.1 Å². The smallest absolute Gasteiger partial charge is 0.0974 e. The van der Waals surface area contributed by atoms with Crippen LogP contribution in [0.1, 0.15) is 51.9 Å². The predicted molar refractivity (Wildman–Crippen MR) is 61.7 cm³/mol. The van der Waals surface area contributed by atoms with Gasteiger partial charge in [-0.1, -0.05) is 45.4 Å². The number of aliphatic hydroxyl groups excluding tert-OH is 1. The third-order valence-electron chi connectivity index (χ3n) is 3.16. The van der Waals surface area contributed by atoms with Crippen LogP contribution in [0.3, 0.4) is 0 Å². The Labute approximate surface area is 93.0 Å². The minimum absolute atomic E-state index is 0.00817. The van der Waals surface area contributed by atoms with Crippen LogP contribution in [0.25, 0.3) is 0 Å². The summed E-state index contributed by atoms with van der Waals surface area (Å²) in [6.07, 6.45) is 8.19. The van der Waals surface area contributed by atoms with Gasteiger partial charge in [-0.15, -0.1) is 0 Å². The van der Waals surface area contributed by atoms with Crippen molar-refractivity contribution in [3.8, 4) is 0 Å². The molecule has 1 saturated heterocycles. The fourth-order valence-corrected chi connectivity index (χ4v) is 2.09. The molecule has 0 bridgehead atoms. The third kappa shape index (κ3) is 4.49. The van der Waals surface area contributed by atoms with Gasteiger partial charge in [0.2, 0.25) is 0 Å². The molecule has 0 aromatic heterocycles. The Morgan fingerprint density at radius 2 is 1.87 bits per heavy atom. The molecule has 3 N–H and O–H groups in total. The topological polar surface area (TPSA) is 55.5 Å². The molecule has 90 valence electrons. The molecule has 3 nitrogen and oxygen atoms in total. The van der Waals surface area contributed by atoms with Crippen molar-refractivity contribution in [3.63, 3.8) is 0 Å². The maximum Gasteiger partial charge on any atom is 0.0974 e. The van der Waals surface area contributed by atoms with E-state index in [2.05, 4.69) is 6.92 Å². The zero-order chi connectivity index (χ0) is 11.1. The third-order valence-corrected chi connectivity index (χ3v) is 3.16. The van der Waals surface area contributed by atoms with Crippen molar-refractivity contribution >= 4 is 0 Å². The molecule has 0 unspecified atom stereocenters. The normalized spacial score (nSPS) is 31.0. The zero-order valence-electron chi connectivity index (χ0n) is 9.82. The molecule has 1 heterocycles. The van der Waals surface area contributed by atoms with Crippen molar-refractivity contribution < 1.29 is 9.84 Å². The molecule has 0 aromatic rings. The molecule has 0 spiro atoms. The van der Waals surface area contributed by atoms with Gasteiger partial charge in [-0.05, 0) is 6.42 Å². The SMILES string of the molecule is CCCCCCCC[C@H]1OC[C@H](N)[C@@H]1O. The van der Waals surface area contributed by atoms with E-state index in [0.29, 0.717) is 6.61 Å².